The molecule has 0 aliphatic rings. The van der Waals surface area contributed by atoms with Crippen molar-refractivity contribution in [3.05, 3.63) is 29.8 Å². The van der Waals surface area contributed by atoms with Gasteiger partial charge in [-0.1, -0.05) is 26.0 Å². The van der Waals surface area contributed by atoms with Gasteiger partial charge >= 0.3 is 0 Å². The highest BCUT2D eigenvalue weighted by molar-refractivity contribution is 5.86. The van der Waals surface area contributed by atoms with E-state index in [1.807, 2.05) is 26.8 Å². The molecule has 0 aliphatic carbocycles. The summed E-state index contributed by atoms with van der Waals surface area (Å²) >= 11 is 0. The molecule has 0 heterocycles. The van der Waals surface area contributed by atoms with Gasteiger partial charge in [0, 0.05) is 0 Å². The number of phenolic OH excluding ortho intramolecular Hbond substituents is 1. The number of nitrogens with two attached hydrogens (primary N) is 1. The van der Waals surface area contributed by atoms with Gasteiger partial charge < -0.3 is 16.2 Å². The van der Waals surface area contributed by atoms with Crippen LogP contribution in [0.3, 0.4) is 0 Å². The third-order valence-electron chi connectivity index (χ3n) is 3.43. The molecule has 1 aromatic rings. The lowest BCUT2D eigenvalue weighted by molar-refractivity contribution is -0.127. The van der Waals surface area contributed by atoms with Crippen LogP contribution in [0, 0.1) is 0 Å². The first-order chi connectivity index (χ1) is 8.42. The zero-order valence-electron chi connectivity index (χ0n) is 11.2. The number of hydrogen-bond donors (Lipinski definition) is 3. The fraction of sp³-hybridized carbons (Fsp3) is 0.500. The number of phenols is 1. The Balaban J connectivity index is 2.76. The molecule has 0 bridgehead atoms. The predicted molar refractivity (Wildman–Crippen MR) is 72.2 cm³/mol. The molecule has 0 spiro atoms. The number of benzene rings is 1. The Morgan fingerprint density at radius 3 is 2.56 bits per heavy atom. The summed E-state index contributed by atoms with van der Waals surface area (Å²) in [6.45, 7) is 5.68. The zero-order valence-corrected chi connectivity index (χ0v) is 11.2. The quantitative estimate of drug-likeness (QED) is 0.749. The van der Waals surface area contributed by atoms with E-state index in [9.17, 15) is 9.90 Å². The van der Waals surface area contributed by atoms with E-state index in [4.69, 9.17) is 5.73 Å². The van der Waals surface area contributed by atoms with Gasteiger partial charge in [0.25, 0.3) is 0 Å². The van der Waals surface area contributed by atoms with Crippen molar-refractivity contribution in [3.63, 3.8) is 0 Å². The van der Waals surface area contributed by atoms with Crippen LogP contribution in [0.5, 0.6) is 5.75 Å². The summed E-state index contributed by atoms with van der Waals surface area (Å²) < 4.78 is 0. The average Bonchev–Trinajstić information content (AvgIpc) is 2.37. The Bertz CT molecular complexity index is 414. The van der Waals surface area contributed by atoms with Crippen LogP contribution in [0.1, 0.15) is 45.2 Å². The Kier molecular flexibility index (Phi) is 4.73. The van der Waals surface area contributed by atoms with E-state index >= 15 is 0 Å². The van der Waals surface area contributed by atoms with Crippen molar-refractivity contribution in [2.75, 3.05) is 0 Å². The predicted octanol–water partition coefficient (Wildman–Crippen LogP) is 2.09. The van der Waals surface area contributed by atoms with Gasteiger partial charge in [-0.05, 0) is 37.5 Å². The van der Waals surface area contributed by atoms with Crippen molar-refractivity contribution >= 4 is 5.91 Å². The molecule has 100 valence electrons. The monoisotopic (exact) mass is 250 g/mol. The smallest absolute Gasteiger partial charge is 0.240 e. The summed E-state index contributed by atoms with van der Waals surface area (Å²) in [5.41, 5.74) is 6.08. The van der Waals surface area contributed by atoms with E-state index in [0.717, 1.165) is 5.56 Å². The maximum Gasteiger partial charge on any atom is 0.240 e. The standard InChI is InChI=1S/C14H22N2O2/c1-4-14(15,5-2)13(18)16-10(3)11-7-6-8-12(17)9-11/h6-10,17H,4-5,15H2,1-3H3,(H,16,18). The van der Waals surface area contributed by atoms with Crippen LogP contribution in [0.15, 0.2) is 24.3 Å². The van der Waals surface area contributed by atoms with Crippen LogP contribution in [0.25, 0.3) is 0 Å². The van der Waals surface area contributed by atoms with E-state index < -0.39 is 5.54 Å². The minimum atomic E-state index is -0.814. The summed E-state index contributed by atoms with van der Waals surface area (Å²) in [7, 11) is 0. The molecule has 4 nitrogen and oxygen atoms in total. The number of amides is 1. The molecule has 0 fully saturated rings. The second kappa shape index (κ2) is 5.87. The van der Waals surface area contributed by atoms with Gasteiger partial charge in [-0.25, -0.2) is 0 Å². The van der Waals surface area contributed by atoms with Gasteiger partial charge in [-0.15, -0.1) is 0 Å². The molecule has 0 radical (unpaired) electrons. The zero-order chi connectivity index (χ0) is 13.8. The highest BCUT2D eigenvalue weighted by Crippen LogP contribution is 2.19. The number of aromatic hydroxyl groups is 1. The van der Waals surface area contributed by atoms with Crippen molar-refractivity contribution in [3.8, 4) is 5.75 Å². The summed E-state index contributed by atoms with van der Waals surface area (Å²) in [5.74, 6) is 0.0435. The lowest BCUT2D eigenvalue weighted by Crippen LogP contribution is -2.53. The molecule has 0 aliphatic heterocycles. The Morgan fingerprint density at radius 2 is 2.06 bits per heavy atom. The van der Waals surface area contributed by atoms with Crippen LogP contribution in [0.4, 0.5) is 0 Å². The topological polar surface area (TPSA) is 75.4 Å². The third-order valence-corrected chi connectivity index (χ3v) is 3.43. The van der Waals surface area contributed by atoms with E-state index in [-0.39, 0.29) is 17.7 Å². The lowest BCUT2D eigenvalue weighted by atomic mass is 9.92. The molecule has 1 amide bonds. The fourth-order valence-corrected chi connectivity index (χ4v) is 1.79. The minimum absolute atomic E-state index is 0.150. The van der Waals surface area contributed by atoms with Gasteiger partial charge in [0.05, 0.1) is 11.6 Å². The highest BCUT2D eigenvalue weighted by Gasteiger charge is 2.30. The number of hydrogen-bond acceptors (Lipinski definition) is 3. The van der Waals surface area contributed by atoms with Crippen molar-refractivity contribution < 1.29 is 9.90 Å². The number of nitrogens with one attached hydrogen (secondary N) is 1. The first-order valence-electron chi connectivity index (χ1n) is 6.31. The Labute approximate surface area is 108 Å². The molecule has 0 aromatic heterocycles. The van der Waals surface area contributed by atoms with E-state index in [0.29, 0.717) is 12.8 Å². The van der Waals surface area contributed by atoms with Gasteiger partial charge in [0.2, 0.25) is 5.91 Å². The Morgan fingerprint density at radius 1 is 1.44 bits per heavy atom. The van der Waals surface area contributed by atoms with Crippen molar-refractivity contribution in [2.45, 2.75) is 45.2 Å². The molecular formula is C14H22N2O2. The lowest BCUT2D eigenvalue weighted by Gasteiger charge is -2.27. The molecule has 0 saturated carbocycles. The maximum absolute atomic E-state index is 12.1. The summed E-state index contributed by atoms with van der Waals surface area (Å²) in [4.78, 5) is 12.1. The molecule has 1 unspecified atom stereocenters. The van der Waals surface area contributed by atoms with Crippen molar-refractivity contribution in [1.82, 2.24) is 5.32 Å². The maximum atomic E-state index is 12.1. The van der Waals surface area contributed by atoms with Crippen molar-refractivity contribution in [1.29, 1.82) is 0 Å². The van der Waals surface area contributed by atoms with E-state index in [1.54, 1.807) is 18.2 Å². The molecule has 1 atom stereocenters. The van der Waals surface area contributed by atoms with Crippen LogP contribution >= 0.6 is 0 Å². The van der Waals surface area contributed by atoms with Gasteiger partial charge in [-0.2, -0.15) is 0 Å². The molecule has 4 heteroatoms. The third kappa shape index (κ3) is 3.23. The number of carbonyl (C=O) groups excluding carboxylic acids is 1. The fourth-order valence-electron chi connectivity index (χ4n) is 1.79. The minimum Gasteiger partial charge on any atom is -0.508 e. The molecule has 18 heavy (non-hydrogen) atoms. The molecular weight excluding hydrogens is 228 g/mol. The molecule has 4 N–H and O–H groups in total. The SMILES string of the molecule is CCC(N)(CC)C(=O)NC(C)c1cccc(O)c1. The molecule has 1 rings (SSSR count). The largest absolute Gasteiger partial charge is 0.508 e. The van der Waals surface area contributed by atoms with Crippen LogP contribution in [-0.4, -0.2) is 16.6 Å². The number of rotatable bonds is 5. The Hall–Kier alpha value is -1.55. The van der Waals surface area contributed by atoms with Crippen molar-refractivity contribution in [2.24, 2.45) is 5.73 Å². The highest BCUT2D eigenvalue weighted by atomic mass is 16.3. The second-order valence-corrected chi connectivity index (χ2v) is 4.65. The summed E-state index contributed by atoms with van der Waals surface area (Å²) in [5, 5.41) is 12.3. The van der Waals surface area contributed by atoms with Gasteiger partial charge in [-0.3, -0.25) is 4.79 Å². The van der Waals surface area contributed by atoms with Crippen LogP contribution in [0.2, 0.25) is 0 Å². The van der Waals surface area contributed by atoms with Gasteiger partial charge in [0.15, 0.2) is 0 Å². The van der Waals surface area contributed by atoms with Crippen LogP contribution < -0.4 is 11.1 Å². The molecule has 0 saturated heterocycles. The molecule has 1 aromatic carbocycles. The average molecular weight is 250 g/mol. The summed E-state index contributed by atoms with van der Waals surface area (Å²) in [6, 6.07) is 6.68. The first-order valence-corrected chi connectivity index (χ1v) is 6.31. The normalized spacial score (nSPS) is 13.1. The van der Waals surface area contributed by atoms with Crippen LogP contribution in [-0.2, 0) is 4.79 Å². The first kappa shape index (κ1) is 14.5. The van der Waals surface area contributed by atoms with Gasteiger partial charge in [0.1, 0.15) is 5.75 Å². The van der Waals surface area contributed by atoms with E-state index in [1.165, 1.54) is 0 Å². The van der Waals surface area contributed by atoms with E-state index in [2.05, 4.69) is 5.32 Å². The second-order valence-electron chi connectivity index (χ2n) is 4.65. The summed E-state index contributed by atoms with van der Waals surface area (Å²) in [6.07, 6.45) is 1.20. The number of carbonyl (C=O) groups is 1.